The Morgan fingerprint density at radius 2 is 2.00 bits per heavy atom. The van der Waals surface area contributed by atoms with Crippen LogP contribution in [0.15, 0.2) is 30.5 Å². The Morgan fingerprint density at radius 3 is 2.68 bits per heavy atom. The third-order valence-electron chi connectivity index (χ3n) is 5.01. The molecular weight excluding hydrogens is 402 g/mol. The molecule has 1 aliphatic heterocycles. The minimum atomic E-state index is -1.42. The third kappa shape index (κ3) is 4.31. The van der Waals surface area contributed by atoms with Crippen LogP contribution in [0.5, 0.6) is 0 Å². The smallest absolute Gasteiger partial charge is 0.113 e. The summed E-state index contributed by atoms with van der Waals surface area (Å²) in [5.74, 6) is 0. The molecule has 0 saturated carbocycles. The highest BCUT2D eigenvalue weighted by Gasteiger charge is 2.44. The molecule has 6 nitrogen and oxygen atoms in total. The lowest BCUT2D eigenvalue weighted by atomic mass is 9.90. The van der Waals surface area contributed by atoms with E-state index in [2.05, 4.69) is 4.98 Å². The fourth-order valence-corrected chi connectivity index (χ4v) is 4.32. The minimum Gasteiger partial charge on any atom is -0.394 e. The normalized spacial score (nSPS) is 28.5. The van der Waals surface area contributed by atoms with Crippen molar-refractivity contribution in [1.82, 2.24) is 4.98 Å². The lowest BCUT2D eigenvalue weighted by molar-refractivity contribution is -0.231. The van der Waals surface area contributed by atoms with E-state index in [-0.39, 0.29) is 0 Å². The van der Waals surface area contributed by atoms with Crippen molar-refractivity contribution in [2.24, 2.45) is 0 Å². The van der Waals surface area contributed by atoms with E-state index < -0.39 is 37.1 Å². The summed E-state index contributed by atoms with van der Waals surface area (Å²) in [6, 6.07) is 5.22. The molecule has 1 aromatic carbocycles. The van der Waals surface area contributed by atoms with Crippen LogP contribution in [0.3, 0.4) is 0 Å². The molecule has 28 heavy (non-hydrogen) atoms. The van der Waals surface area contributed by atoms with Gasteiger partial charge in [0.25, 0.3) is 0 Å². The summed E-state index contributed by atoms with van der Waals surface area (Å²) in [5, 5.41) is 41.2. The molecule has 2 heterocycles. The quantitative estimate of drug-likeness (QED) is 0.586. The fraction of sp³-hybridized carbons (Fsp3) is 0.450. The molecular formula is C20H24ClNO5S. The minimum absolute atomic E-state index is 0.464. The van der Waals surface area contributed by atoms with Crippen LogP contribution in [-0.4, -0.2) is 56.4 Å². The lowest BCUT2D eigenvalue weighted by Crippen LogP contribution is -2.55. The Morgan fingerprint density at radius 1 is 1.25 bits per heavy atom. The summed E-state index contributed by atoms with van der Waals surface area (Å²) in [6.07, 6.45) is -1.57. The van der Waals surface area contributed by atoms with Gasteiger partial charge in [-0.25, -0.2) is 4.98 Å². The van der Waals surface area contributed by atoms with Crippen molar-refractivity contribution in [3.8, 4) is 0 Å². The van der Waals surface area contributed by atoms with Gasteiger partial charge < -0.3 is 25.2 Å². The molecule has 2 aromatic rings. The number of halogens is 1. The van der Waals surface area contributed by atoms with E-state index in [0.29, 0.717) is 17.0 Å². The SMILES string of the molecule is CC=C(C)c1cnc(Cc2cc(C3OC(CO)C(O)C(O)C3O)ccc2Cl)s1. The second kappa shape index (κ2) is 9.00. The highest BCUT2D eigenvalue weighted by Crippen LogP contribution is 2.35. The summed E-state index contributed by atoms with van der Waals surface area (Å²) in [6.45, 7) is 3.55. The first-order valence-corrected chi connectivity index (χ1v) is 10.2. The number of aliphatic hydroxyl groups excluding tert-OH is 4. The van der Waals surface area contributed by atoms with Gasteiger partial charge in [0.2, 0.25) is 0 Å². The van der Waals surface area contributed by atoms with Crippen molar-refractivity contribution in [2.45, 2.75) is 50.8 Å². The monoisotopic (exact) mass is 425 g/mol. The topological polar surface area (TPSA) is 103 Å². The predicted molar refractivity (Wildman–Crippen MR) is 108 cm³/mol. The van der Waals surface area contributed by atoms with Gasteiger partial charge in [0.15, 0.2) is 0 Å². The van der Waals surface area contributed by atoms with Gasteiger partial charge in [-0.1, -0.05) is 29.8 Å². The first-order chi connectivity index (χ1) is 13.3. The molecule has 5 unspecified atom stereocenters. The molecule has 1 aliphatic rings. The largest absolute Gasteiger partial charge is 0.394 e. The Kier molecular flexibility index (Phi) is 6.88. The van der Waals surface area contributed by atoms with E-state index in [9.17, 15) is 20.4 Å². The first kappa shape index (κ1) is 21.4. The summed E-state index contributed by atoms with van der Waals surface area (Å²) < 4.78 is 5.64. The Bertz CT molecular complexity index is 853. The zero-order valence-corrected chi connectivity index (χ0v) is 17.2. The number of nitrogens with zero attached hydrogens (tertiary/aromatic N) is 1. The van der Waals surface area contributed by atoms with E-state index in [4.69, 9.17) is 16.3 Å². The van der Waals surface area contributed by atoms with Gasteiger partial charge >= 0.3 is 0 Å². The summed E-state index contributed by atoms with van der Waals surface area (Å²) in [7, 11) is 0. The first-order valence-electron chi connectivity index (χ1n) is 9.02. The predicted octanol–water partition coefficient (Wildman–Crippen LogP) is 2.33. The average molecular weight is 426 g/mol. The van der Waals surface area contributed by atoms with Gasteiger partial charge in [0, 0.05) is 22.5 Å². The standard InChI is InChI=1S/C20H24ClNO5S/c1-3-10(2)15-8-22-16(28-15)7-12-6-11(4-5-13(12)21)20-19(26)18(25)17(24)14(9-23)27-20/h3-6,8,14,17-20,23-26H,7,9H2,1-2H3. The third-order valence-corrected chi connectivity index (χ3v) is 6.51. The zero-order chi connectivity index (χ0) is 20.4. The fourth-order valence-electron chi connectivity index (χ4n) is 3.16. The Balaban J connectivity index is 1.86. The molecule has 152 valence electrons. The highest BCUT2D eigenvalue weighted by atomic mass is 35.5. The number of hydrogen-bond acceptors (Lipinski definition) is 7. The molecule has 5 atom stereocenters. The lowest BCUT2D eigenvalue weighted by Gasteiger charge is -2.40. The van der Waals surface area contributed by atoms with Crippen molar-refractivity contribution in [3.05, 3.63) is 56.5 Å². The maximum atomic E-state index is 10.3. The van der Waals surface area contributed by atoms with Crippen LogP contribution in [-0.2, 0) is 11.2 Å². The Hall–Kier alpha value is -1.32. The van der Waals surface area contributed by atoms with Crippen LogP contribution in [0.1, 0.15) is 41.0 Å². The molecule has 0 amide bonds. The van der Waals surface area contributed by atoms with E-state index in [1.54, 1.807) is 29.5 Å². The highest BCUT2D eigenvalue weighted by molar-refractivity contribution is 7.12. The van der Waals surface area contributed by atoms with Gasteiger partial charge in [-0.2, -0.15) is 0 Å². The molecule has 0 radical (unpaired) electrons. The maximum absolute atomic E-state index is 10.3. The number of allylic oxidation sites excluding steroid dienone is 2. The van der Waals surface area contributed by atoms with E-state index >= 15 is 0 Å². The maximum Gasteiger partial charge on any atom is 0.113 e. The van der Waals surface area contributed by atoms with E-state index in [1.165, 1.54) is 0 Å². The average Bonchev–Trinajstić information content (AvgIpc) is 3.16. The van der Waals surface area contributed by atoms with Crippen molar-refractivity contribution in [2.75, 3.05) is 6.61 Å². The molecule has 0 spiro atoms. The van der Waals surface area contributed by atoms with Crippen LogP contribution in [0, 0.1) is 0 Å². The molecule has 8 heteroatoms. The van der Waals surface area contributed by atoms with Gasteiger partial charge in [-0.15, -0.1) is 11.3 Å². The van der Waals surface area contributed by atoms with Crippen LogP contribution >= 0.6 is 22.9 Å². The number of aromatic nitrogens is 1. The van der Waals surface area contributed by atoms with Crippen LogP contribution in [0.25, 0.3) is 5.57 Å². The van der Waals surface area contributed by atoms with Gasteiger partial charge in [-0.05, 0) is 36.6 Å². The molecule has 1 fully saturated rings. The molecule has 1 saturated heterocycles. The number of hydrogen-bond donors (Lipinski definition) is 4. The second-order valence-electron chi connectivity index (χ2n) is 6.87. The number of aliphatic hydroxyl groups is 4. The molecule has 0 aliphatic carbocycles. The number of ether oxygens (including phenoxy) is 1. The summed E-state index contributed by atoms with van der Waals surface area (Å²) >= 11 is 7.95. The summed E-state index contributed by atoms with van der Waals surface area (Å²) in [5.41, 5.74) is 2.58. The molecule has 4 N–H and O–H groups in total. The number of thiazole rings is 1. The van der Waals surface area contributed by atoms with E-state index in [0.717, 1.165) is 21.0 Å². The van der Waals surface area contributed by atoms with Gasteiger partial charge in [0.1, 0.15) is 30.5 Å². The van der Waals surface area contributed by atoms with Crippen LogP contribution < -0.4 is 0 Å². The number of benzene rings is 1. The van der Waals surface area contributed by atoms with Gasteiger partial charge in [0.05, 0.1) is 11.6 Å². The van der Waals surface area contributed by atoms with Crippen molar-refractivity contribution in [3.63, 3.8) is 0 Å². The second-order valence-corrected chi connectivity index (χ2v) is 8.39. The van der Waals surface area contributed by atoms with Crippen molar-refractivity contribution < 1.29 is 25.2 Å². The van der Waals surface area contributed by atoms with Crippen LogP contribution in [0.4, 0.5) is 0 Å². The zero-order valence-electron chi connectivity index (χ0n) is 15.6. The van der Waals surface area contributed by atoms with Gasteiger partial charge in [-0.3, -0.25) is 0 Å². The van der Waals surface area contributed by atoms with E-state index in [1.807, 2.05) is 26.1 Å². The summed E-state index contributed by atoms with van der Waals surface area (Å²) in [4.78, 5) is 5.55. The van der Waals surface area contributed by atoms with Crippen LogP contribution in [0.2, 0.25) is 5.02 Å². The molecule has 3 rings (SSSR count). The Labute approximate surface area is 172 Å². The number of rotatable bonds is 5. The van der Waals surface area contributed by atoms with Crippen molar-refractivity contribution in [1.29, 1.82) is 0 Å². The molecule has 0 bridgehead atoms. The van der Waals surface area contributed by atoms with Crippen molar-refractivity contribution >= 4 is 28.5 Å². The molecule has 1 aromatic heterocycles.